The van der Waals surface area contributed by atoms with Crippen molar-refractivity contribution in [1.29, 1.82) is 0 Å². The summed E-state index contributed by atoms with van der Waals surface area (Å²) in [5.41, 5.74) is 4.83. The third kappa shape index (κ3) is 10.5. The minimum Gasteiger partial charge on any atom is -0.379 e. The molecule has 0 spiro atoms. The predicted molar refractivity (Wildman–Crippen MR) is 58.6 cm³/mol. The minimum atomic E-state index is -4.41. The molecule has 0 fully saturated rings. The number of hydrogen-bond acceptors (Lipinski definition) is 4. The average molecular weight is 258 g/mol. The Morgan fingerprint density at radius 2 is 1.71 bits per heavy atom. The molecule has 17 heavy (non-hydrogen) atoms. The Bertz CT molecular complexity index is 179. The molecule has 1 atom stereocenters. The van der Waals surface area contributed by atoms with E-state index in [9.17, 15) is 13.2 Å². The summed E-state index contributed by atoms with van der Waals surface area (Å²) in [6.45, 7) is 3.85. The molecule has 0 aromatic rings. The normalized spacial score (nSPS) is 13.9. The van der Waals surface area contributed by atoms with Gasteiger partial charge in [0.25, 0.3) is 0 Å². The van der Waals surface area contributed by atoms with Gasteiger partial charge in [-0.2, -0.15) is 13.2 Å². The molecule has 0 rings (SSSR count). The Kier molecular flexibility index (Phi) is 9.43. The summed E-state index contributed by atoms with van der Waals surface area (Å²) in [5.74, 6) is 0. The molecule has 104 valence electrons. The minimum absolute atomic E-state index is 0.0651. The fourth-order valence-electron chi connectivity index (χ4n) is 0.971. The second-order valence-electron chi connectivity index (χ2n) is 3.55. The Labute approximate surface area is 99.6 Å². The van der Waals surface area contributed by atoms with Crippen molar-refractivity contribution in [3.8, 4) is 0 Å². The van der Waals surface area contributed by atoms with Crippen LogP contribution in [0.5, 0.6) is 0 Å². The maximum Gasteiger partial charge on any atom is 0.416 e. The van der Waals surface area contributed by atoms with Crippen LogP contribution in [0.1, 0.15) is 19.8 Å². The fraction of sp³-hybridized carbons (Fsp3) is 1.00. The molecule has 4 nitrogen and oxygen atoms in total. The van der Waals surface area contributed by atoms with Gasteiger partial charge in [-0.15, -0.1) is 0 Å². The molecule has 7 heteroatoms. The van der Waals surface area contributed by atoms with Crippen LogP contribution in [-0.2, 0) is 9.47 Å². The van der Waals surface area contributed by atoms with Crippen LogP contribution in [0.2, 0.25) is 0 Å². The number of hydrogen-bond donors (Lipinski definition) is 2. The van der Waals surface area contributed by atoms with Crippen LogP contribution in [-0.4, -0.2) is 45.3 Å². The second-order valence-corrected chi connectivity index (χ2v) is 3.55. The number of rotatable bonds is 10. The van der Waals surface area contributed by atoms with Gasteiger partial charge < -0.3 is 15.2 Å². The quantitative estimate of drug-likeness (QED) is 0.457. The summed E-state index contributed by atoms with van der Waals surface area (Å²) >= 11 is 0. The van der Waals surface area contributed by atoms with Crippen molar-refractivity contribution >= 4 is 0 Å². The summed E-state index contributed by atoms with van der Waals surface area (Å²) in [5, 5.41) is 2.12. The molecule has 0 aromatic heterocycles. The highest BCUT2D eigenvalue weighted by Gasteiger charge is 2.36. The smallest absolute Gasteiger partial charge is 0.379 e. The number of unbranched alkanes of at least 4 members (excludes halogenated alkanes) is 1. The number of alkyl halides is 3. The first-order chi connectivity index (χ1) is 7.98. The van der Waals surface area contributed by atoms with Gasteiger partial charge in [-0.1, -0.05) is 13.3 Å². The topological polar surface area (TPSA) is 56.5 Å². The van der Waals surface area contributed by atoms with Crippen LogP contribution in [0.25, 0.3) is 0 Å². The summed E-state index contributed by atoms with van der Waals surface area (Å²) in [6, 6.07) is 0. The van der Waals surface area contributed by atoms with Crippen LogP contribution in [0.4, 0.5) is 13.2 Å². The van der Waals surface area contributed by atoms with Gasteiger partial charge in [0.1, 0.15) is 0 Å². The largest absolute Gasteiger partial charge is 0.416 e. The first-order valence-electron chi connectivity index (χ1n) is 5.69. The summed E-state index contributed by atoms with van der Waals surface area (Å²) in [7, 11) is 0. The lowest BCUT2D eigenvalue weighted by Gasteiger charge is -2.16. The highest BCUT2D eigenvalue weighted by molar-refractivity contribution is 4.67. The number of halogens is 3. The molecule has 0 aliphatic rings. The van der Waals surface area contributed by atoms with Gasteiger partial charge >= 0.3 is 6.18 Å². The number of nitrogens with two attached hydrogens (primary N) is 1. The molecule has 0 aromatic carbocycles. The Morgan fingerprint density at radius 3 is 2.24 bits per heavy atom. The monoisotopic (exact) mass is 258 g/mol. The van der Waals surface area contributed by atoms with Crippen LogP contribution < -0.4 is 11.1 Å². The zero-order valence-electron chi connectivity index (χ0n) is 10.1. The Morgan fingerprint density at radius 1 is 1.12 bits per heavy atom. The summed E-state index contributed by atoms with van der Waals surface area (Å²) < 4.78 is 46.1. The lowest BCUT2D eigenvalue weighted by Crippen LogP contribution is -2.50. The number of nitrogens with one attached hydrogen (secondary N) is 1. The van der Waals surface area contributed by atoms with Crippen molar-refractivity contribution in [1.82, 2.24) is 5.32 Å². The van der Waals surface area contributed by atoms with Gasteiger partial charge in [0, 0.05) is 13.2 Å². The van der Waals surface area contributed by atoms with Crippen LogP contribution in [0.15, 0.2) is 0 Å². The van der Waals surface area contributed by atoms with E-state index in [0.717, 1.165) is 12.8 Å². The zero-order chi connectivity index (χ0) is 13.1. The number of ether oxygens (including phenoxy) is 2. The molecule has 0 bridgehead atoms. The van der Waals surface area contributed by atoms with Crippen molar-refractivity contribution < 1.29 is 22.6 Å². The lowest BCUT2D eigenvalue weighted by atomic mass is 10.4. The van der Waals surface area contributed by atoms with E-state index in [0.29, 0.717) is 19.8 Å². The third-order valence-electron chi connectivity index (χ3n) is 1.98. The van der Waals surface area contributed by atoms with Gasteiger partial charge in [-0.25, -0.2) is 0 Å². The lowest BCUT2D eigenvalue weighted by molar-refractivity contribution is -0.154. The van der Waals surface area contributed by atoms with E-state index < -0.39 is 12.3 Å². The van der Waals surface area contributed by atoms with Gasteiger partial charge in [-0.3, -0.25) is 5.32 Å². The maximum absolute atomic E-state index is 11.9. The molecule has 0 amide bonds. The van der Waals surface area contributed by atoms with Gasteiger partial charge in [0.2, 0.25) is 0 Å². The average Bonchev–Trinajstić information content (AvgIpc) is 2.25. The Balaban J connectivity index is 3.19. The van der Waals surface area contributed by atoms with Gasteiger partial charge in [0.05, 0.1) is 19.8 Å². The first-order valence-corrected chi connectivity index (χ1v) is 5.69. The molecule has 0 radical (unpaired) electrons. The molecule has 0 aliphatic heterocycles. The molecular weight excluding hydrogens is 237 g/mol. The fourth-order valence-corrected chi connectivity index (χ4v) is 0.971. The molecule has 1 unspecified atom stereocenters. The molecular formula is C10H21F3N2O2. The zero-order valence-corrected chi connectivity index (χ0v) is 10.1. The summed E-state index contributed by atoms with van der Waals surface area (Å²) in [6.07, 6.45) is -4.34. The van der Waals surface area contributed by atoms with E-state index in [1.165, 1.54) is 0 Å². The molecule has 0 saturated heterocycles. The first kappa shape index (κ1) is 16.6. The van der Waals surface area contributed by atoms with E-state index in [-0.39, 0.29) is 13.2 Å². The van der Waals surface area contributed by atoms with Gasteiger partial charge in [-0.05, 0) is 6.42 Å². The third-order valence-corrected chi connectivity index (χ3v) is 1.98. The van der Waals surface area contributed by atoms with E-state index in [2.05, 4.69) is 12.2 Å². The molecule has 0 heterocycles. The SMILES string of the molecule is CCCCOCCOCCNC(N)C(F)(F)F. The predicted octanol–water partition coefficient (Wildman–Crippen LogP) is 1.26. The van der Waals surface area contributed by atoms with Gasteiger partial charge in [0.15, 0.2) is 6.17 Å². The van der Waals surface area contributed by atoms with E-state index in [4.69, 9.17) is 15.2 Å². The van der Waals surface area contributed by atoms with Crippen LogP contribution in [0.3, 0.4) is 0 Å². The van der Waals surface area contributed by atoms with Crippen molar-refractivity contribution in [2.45, 2.75) is 32.1 Å². The highest BCUT2D eigenvalue weighted by atomic mass is 19.4. The second kappa shape index (κ2) is 9.64. The van der Waals surface area contributed by atoms with E-state index in [1.807, 2.05) is 0 Å². The molecule has 0 aliphatic carbocycles. The van der Waals surface area contributed by atoms with Crippen molar-refractivity contribution in [3.05, 3.63) is 0 Å². The molecule has 0 saturated carbocycles. The standard InChI is InChI=1S/C10H21F3N2O2/c1-2-3-5-16-7-8-17-6-4-15-9(14)10(11,12)13/h9,15H,2-8,14H2,1H3. The highest BCUT2D eigenvalue weighted by Crippen LogP contribution is 2.15. The van der Waals surface area contributed by atoms with E-state index >= 15 is 0 Å². The Hall–Kier alpha value is -0.370. The van der Waals surface area contributed by atoms with E-state index in [1.54, 1.807) is 0 Å². The van der Waals surface area contributed by atoms with Crippen LogP contribution in [0, 0.1) is 0 Å². The van der Waals surface area contributed by atoms with Crippen molar-refractivity contribution in [2.75, 3.05) is 33.0 Å². The van der Waals surface area contributed by atoms with Crippen LogP contribution >= 0.6 is 0 Å². The summed E-state index contributed by atoms with van der Waals surface area (Å²) in [4.78, 5) is 0. The maximum atomic E-state index is 11.9. The van der Waals surface area contributed by atoms with Crippen molar-refractivity contribution in [3.63, 3.8) is 0 Å². The molecule has 3 N–H and O–H groups in total. The van der Waals surface area contributed by atoms with Crippen molar-refractivity contribution in [2.24, 2.45) is 5.73 Å².